The molecular weight excluding hydrogens is 372 g/mol. The zero-order valence-electron chi connectivity index (χ0n) is 18.2. The van der Waals surface area contributed by atoms with Crippen LogP contribution in [0.2, 0.25) is 0 Å². The molecule has 0 heterocycles. The van der Waals surface area contributed by atoms with Crippen LogP contribution in [0.25, 0.3) is 0 Å². The maximum atomic E-state index is 11.5. The second-order valence-electron chi connectivity index (χ2n) is 7.74. The minimum atomic E-state index is -0.951. The Labute approximate surface area is 176 Å². The zero-order valence-corrected chi connectivity index (χ0v) is 18.2. The molecule has 0 aliphatic carbocycles. The largest absolute Gasteiger partial charge is 0.394 e. The number of unbranched alkanes of at least 4 members (excludes halogenated alkanes) is 8. The zero-order chi connectivity index (χ0) is 21.7. The first kappa shape index (κ1) is 27.8. The van der Waals surface area contributed by atoms with E-state index in [9.17, 15) is 14.7 Å². The summed E-state index contributed by atoms with van der Waals surface area (Å²) in [6.45, 7) is 1.78. The van der Waals surface area contributed by atoms with Crippen LogP contribution in [0.4, 0.5) is 0 Å². The summed E-state index contributed by atoms with van der Waals surface area (Å²) < 4.78 is 4.67. The lowest BCUT2D eigenvalue weighted by molar-refractivity contribution is -0.160. The lowest BCUT2D eigenvalue weighted by atomic mass is 10.1. The molecule has 0 aromatic heterocycles. The van der Waals surface area contributed by atoms with Gasteiger partial charge in [0.25, 0.3) is 0 Å². The second-order valence-corrected chi connectivity index (χ2v) is 7.74. The van der Waals surface area contributed by atoms with Gasteiger partial charge in [-0.25, -0.2) is 0 Å². The van der Waals surface area contributed by atoms with Crippen LogP contribution in [0.3, 0.4) is 0 Å². The number of aliphatic hydroxyl groups excluding tert-OH is 3. The molecule has 0 amide bonds. The molecule has 2 atom stereocenters. The highest BCUT2D eigenvalue weighted by atomic mass is 16.6. The molecule has 1 unspecified atom stereocenters. The molecule has 170 valence electrons. The van der Waals surface area contributed by atoms with Crippen LogP contribution >= 0.6 is 0 Å². The highest BCUT2D eigenvalue weighted by molar-refractivity contribution is 5.85. The van der Waals surface area contributed by atoms with Crippen molar-refractivity contribution in [1.29, 1.82) is 0 Å². The van der Waals surface area contributed by atoms with Crippen molar-refractivity contribution < 1.29 is 29.6 Å². The number of esters is 2. The molecule has 6 nitrogen and oxygen atoms in total. The molecule has 0 aliphatic rings. The highest BCUT2D eigenvalue weighted by Crippen LogP contribution is 2.11. The van der Waals surface area contributed by atoms with E-state index >= 15 is 0 Å². The maximum absolute atomic E-state index is 11.5. The molecule has 0 bridgehead atoms. The molecular formula is C23H42O6. The number of aliphatic hydroxyl groups is 3. The van der Waals surface area contributed by atoms with E-state index in [1.807, 2.05) is 0 Å². The van der Waals surface area contributed by atoms with Gasteiger partial charge in [-0.3, -0.25) is 9.59 Å². The number of hydrogen-bond donors (Lipinski definition) is 3. The van der Waals surface area contributed by atoms with Gasteiger partial charge in [0.2, 0.25) is 0 Å². The maximum Gasteiger partial charge on any atom is 0.313 e. The first-order valence-corrected chi connectivity index (χ1v) is 11.3. The number of ether oxygens (including phenoxy) is 1. The Morgan fingerprint density at radius 3 is 2.17 bits per heavy atom. The normalized spacial score (nSPS) is 13.5. The van der Waals surface area contributed by atoms with Gasteiger partial charge >= 0.3 is 11.9 Å². The predicted octanol–water partition coefficient (Wildman–Crippen LogP) is 4.20. The quantitative estimate of drug-likeness (QED) is 0.127. The van der Waals surface area contributed by atoms with E-state index < -0.39 is 24.6 Å². The van der Waals surface area contributed by atoms with E-state index in [1.165, 1.54) is 19.3 Å². The lowest BCUT2D eigenvalue weighted by Gasteiger charge is -2.07. The lowest BCUT2D eigenvalue weighted by Crippen LogP contribution is -2.17. The number of hydrogen-bond acceptors (Lipinski definition) is 6. The van der Waals surface area contributed by atoms with Gasteiger partial charge in [-0.05, 0) is 38.5 Å². The molecule has 0 saturated carbocycles. The molecule has 0 spiro atoms. The first-order chi connectivity index (χ1) is 14.0. The summed E-state index contributed by atoms with van der Waals surface area (Å²) in [5, 5.41) is 27.7. The topological polar surface area (TPSA) is 104 Å². The van der Waals surface area contributed by atoms with Crippen molar-refractivity contribution in [1.82, 2.24) is 0 Å². The Morgan fingerprint density at radius 1 is 0.793 bits per heavy atom. The van der Waals surface area contributed by atoms with Gasteiger partial charge in [-0.15, -0.1) is 0 Å². The molecule has 0 rings (SSSR count). The van der Waals surface area contributed by atoms with Crippen molar-refractivity contribution in [2.45, 2.75) is 115 Å². The van der Waals surface area contributed by atoms with Crippen molar-refractivity contribution >= 4 is 11.9 Å². The number of carbonyl (C=O) groups excluding carboxylic acids is 2. The van der Waals surface area contributed by atoms with Gasteiger partial charge < -0.3 is 20.1 Å². The van der Waals surface area contributed by atoms with Gasteiger partial charge in [-0.2, -0.15) is 0 Å². The van der Waals surface area contributed by atoms with Crippen molar-refractivity contribution in [3.8, 4) is 0 Å². The molecule has 0 aliphatic heterocycles. The predicted molar refractivity (Wildman–Crippen MR) is 114 cm³/mol. The van der Waals surface area contributed by atoms with Crippen molar-refractivity contribution in [3.63, 3.8) is 0 Å². The Balaban J connectivity index is 3.47. The summed E-state index contributed by atoms with van der Waals surface area (Å²) >= 11 is 0. The SMILES string of the molecule is CCCCCC[C@@H](O)C/C=C\CCCCCCCC(=O)OC(=O)CCC(O)CO. The fourth-order valence-electron chi connectivity index (χ4n) is 2.96. The number of carbonyl (C=O) groups is 2. The second kappa shape index (κ2) is 20.0. The monoisotopic (exact) mass is 414 g/mol. The molecule has 0 aromatic carbocycles. The van der Waals surface area contributed by atoms with Crippen LogP contribution in [-0.4, -0.2) is 46.1 Å². The summed E-state index contributed by atoms with van der Waals surface area (Å²) in [6.07, 6.45) is 15.6. The Hall–Kier alpha value is -1.24. The third-order valence-corrected chi connectivity index (χ3v) is 4.84. The third-order valence-electron chi connectivity index (χ3n) is 4.84. The summed E-state index contributed by atoms with van der Waals surface area (Å²) in [7, 11) is 0. The average Bonchev–Trinajstić information content (AvgIpc) is 2.70. The third kappa shape index (κ3) is 19.8. The number of rotatable bonds is 19. The molecule has 0 radical (unpaired) electrons. The van der Waals surface area contributed by atoms with Crippen LogP contribution in [0.15, 0.2) is 12.2 Å². The van der Waals surface area contributed by atoms with Crippen LogP contribution < -0.4 is 0 Å². The van der Waals surface area contributed by atoms with Gasteiger partial charge in [0.1, 0.15) is 0 Å². The summed E-state index contributed by atoms with van der Waals surface area (Å²) in [5.74, 6) is -1.18. The molecule has 0 aromatic rings. The van der Waals surface area contributed by atoms with E-state index in [0.29, 0.717) is 6.42 Å². The molecule has 29 heavy (non-hydrogen) atoms. The molecule has 6 heteroatoms. The molecule has 0 saturated heterocycles. The highest BCUT2D eigenvalue weighted by Gasteiger charge is 2.12. The van der Waals surface area contributed by atoms with E-state index in [4.69, 9.17) is 10.2 Å². The molecule has 0 fully saturated rings. The van der Waals surface area contributed by atoms with Crippen LogP contribution in [0, 0.1) is 0 Å². The smallest absolute Gasteiger partial charge is 0.313 e. The molecule has 3 N–H and O–H groups in total. The van der Waals surface area contributed by atoms with Crippen LogP contribution in [0.5, 0.6) is 0 Å². The van der Waals surface area contributed by atoms with Crippen molar-refractivity contribution in [3.05, 3.63) is 12.2 Å². The number of allylic oxidation sites excluding steroid dienone is 1. The minimum absolute atomic E-state index is 0.0726. The standard InChI is InChI=1S/C23H42O6/c1-2-3-4-11-14-20(25)15-12-9-7-5-6-8-10-13-16-22(27)29-23(28)18-17-21(26)19-24/h9,12,20-21,24-26H,2-8,10-11,13-19H2,1H3/b12-9-/t20-,21?/m1/s1. The Bertz CT molecular complexity index is 435. The first-order valence-electron chi connectivity index (χ1n) is 11.3. The summed E-state index contributed by atoms with van der Waals surface area (Å²) in [5.41, 5.74) is 0. The average molecular weight is 415 g/mol. The van der Waals surface area contributed by atoms with Crippen molar-refractivity contribution in [2.75, 3.05) is 6.61 Å². The fraction of sp³-hybridized carbons (Fsp3) is 0.826. The van der Waals surface area contributed by atoms with Crippen LogP contribution in [-0.2, 0) is 14.3 Å². The van der Waals surface area contributed by atoms with Gasteiger partial charge in [0.15, 0.2) is 0 Å². The van der Waals surface area contributed by atoms with E-state index in [2.05, 4.69) is 23.8 Å². The van der Waals surface area contributed by atoms with E-state index in [1.54, 1.807) is 0 Å². The van der Waals surface area contributed by atoms with Crippen LogP contribution in [0.1, 0.15) is 103 Å². The van der Waals surface area contributed by atoms with Crippen molar-refractivity contribution in [2.24, 2.45) is 0 Å². The van der Waals surface area contributed by atoms with Gasteiger partial charge in [0, 0.05) is 12.8 Å². The fourth-order valence-corrected chi connectivity index (χ4v) is 2.96. The summed E-state index contributed by atoms with van der Waals surface area (Å²) in [4.78, 5) is 22.9. The summed E-state index contributed by atoms with van der Waals surface area (Å²) in [6, 6.07) is 0. The minimum Gasteiger partial charge on any atom is -0.394 e. The Morgan fingerprint density at radius 2 is 1.45 bits per heavy atom. The van der Waals surface area contributed by atoms with Gasteiger partial charge in [0.05, 0.1) is 18.8 Å². The Kier molecular flexibility index (Phi) is 19.2. The van der Waals surface area contributed by atoms with E-state index in [-0.39, 0.29) is 25.4 Å². The van der Waals surface area contributed by atoms with Gasteiger partial charge in [-0.1, -0.05) is 64.0 Å². The van der Waals surface area contributed by atoms with E-state index in [0.717, 1.165) is 51.4 Å².